The van der Waals surface area contributed by atoms with Crippen LogP contribution in [0, 0.1) is 0 Å². The molecule has 2 rings (SSSR count). The normalized spacial score (nSPS) is 11.8. The molecule has 0 aliphatic heterocycles. The van der Waals surface area contributed by atoms with Gasteiger partial charge in [0.1, 0.15) is 23.0 Å². The molecule has 0 fully saturated rings. The maximum absolute atomic E-state index is 5.80. The van der Waals surface area contributed by atoms with Gasteiger partial charge in [-0.2, -0.15) is 11.8 Å². The van der Waals surface area contributed by atoms with Gasteiger partial charge < -0.3 is 24.0 Å². The zero-order valence-electron chi connectivity index (χ0n) is 15.2. The van der Waals surface area contributed by atoms with Crippen molar-refractivity contribution in [2.75, 3.05) is 40.5 Å². The van der Waals surface area contributed by atoms with Crippen LogP contribution in [0.2, 0.25) is 0 Å². The Morgan fingerprint density at radius 2 is 1.38 bits per heavy atom. The second-order valence-corrected chi connectivity index (χ2v) is 7.55. The molecule has 6 heteroatoms. The second-order valence-electron chi connectivity index (χ2n) is 6.44. The largest absolute Gasteiger partial charge is 0.464 e. The number of hydrogen-bond donors (Lipinski definition) is 1. The lowest BCUT2D eigenvalue weighted by molar-refractivity contribution is 0.339. The lowest BCUT2D eigenvalue weighted by Gasteiger charge is -2.06. The van der Waals surface area contributed by atoms with Crippen LogP contribution in [0.15, 0.2) is 33.1 Å². The van der Waals surface area contributed by atoms with E-state index in [4.69, 9.17) is 8.83 Å². The molecule has 0 bridgehead atoms. The standard InChI is InChI=1S/C18H29N3O2S/c1-20(2)12-16-6-5-15(22-16)11-19-9-10-24-14-18-8-7-17(23-18)13-21(3)4/h5-8,19H,9-14H2,1-4H3. The molecule has 0 aliphatic rings. The van der Waals surface area contributed by atoms with Crippen molar-refractivity contribution in [3.8, 4) is 0 Å². The van der Waals surface area contributed by atoms with E-state index in [1.807, 2.05) is 52.1 Å². The fourth-order valence-corrected chi connectivity index (χ4v) is 3.13. The van der Waals surface area contributed by atoms with Gasteiger partial charge in [0.25, 0.3) is 0 Å². The smallest absolute Gasteiger partial charge is 0.118 e. The van der Waals surface area contributed by atoms with Gasteiger partial charge in [-0.1, -0.05) is 0 Å². The number of nitrogens with one attached hydrogen (secondary N) is 1. The molecule has 0 radical (unpaired) electrons. The molecule has 5 nitrogen and oxygen atoms in total. The van der Waals surface area contributed by atoms with Crippen LogP contribution in [0.25, 0.3) is 0 Å². The summed E-state index contributed by atoms with van der Waals surface area (Å²) in [5.74, 6) is 6.06. The van der Waals surface area contributed by atoms with Gasteiger partial charge in [-0.15, -0.1) is 0 Å². The molecule has 0 atom stereocenters. The maximum atomic E-state index is 5.80. The van der Waals surface area contributed by atoms with Crippen molar-refractivity contribution in [2.24, 2.45) is 0 Å². The third-order valence-corrected chi connectivity index (χ3v) is 4.33. The molecule has 0 amide bonds. The van der Waals surface area contributed by atoms with Gasteiger partial charge in [0.15, 0.2) is 0 Å². The molecule has 2 aromatic heterocycles. The summed E-state index contributed by atoms with van der Waals surface area (Å²) in [5, 5.41) is 3.42. The van der Waals surface area contributed by atoms with Gasteiger partial charge in [-0.3, -0.25) is 0 Å². The Morgan fingerprint density at radius 3 is 2.00 bits per heavy atom. The van der Waals surface area contributed by atoms with Crippen molar-refractivity contribution in [1.82, 2.24) is 15.1 Å². The van der Waals surface area contributed by atoms with Crippen molar-refractivity contribution in [2.45, 2.75) is 25.4 Å². The second kappa shape index (κ2) is 9.93. The van der Waals surface area contributed by atoms with E-state index >= 15 is 0 Å². The molecule has 0 spiro atoms. The predicted octanol–water partition coefficient (Wildman–Crippen LogP) is 3.02. The summed E-state index contributed by atoms with van der Waals surface area (Å²) in [5.41, 5.74) is 0. The number of furan rings is 2. The molecule has 1 N–H and O–H groups in total. The minimum Gasteiger partial charge on any atom is -0.464 e. The highest BCUT2D eigenvalue weighted by Gasteiger charge is 2.04. The SMILES string of the molecule is CN(C)Cc1ccc(CNCCSCc2ccc(CN(C)C)o2)o1. The monoisotopic (exact) mass is 351 g/mol. The average molecular weight is 352 g/mol. The predicted molar refractivity (Wildman–Crippen MR) is 100 cm³/mol. The average Bonchev–Trinajstić information content (AvgIpc) is 3.11. The molecule has 134 valence electrons. The van der Waals surface area contributed by atoms with E-state index in [0.717, 1.165) is 60.7 Å². The zero-order chi connectivity index (χ0) is 17.4. The lowest BCUT2D eigenvalue weighted by Crippen LogP contribution is -2.16. The summed E-state index contributed by atoms with van der Waals surface area (Å²) in [4.78, 5) is 4.21. The van der Waals surface area contributed by atoms with Gasteiger partial charge in [0.2, 0.25) is 0 Å². The van der Waals surface area contributed by atoms with Crippen molar-refractivity contribution >= 4 is 11.8 Å². The van der Waals surface area contributed by atoms with Gasteiger partial charge in [-0.25, -0.2) is 0 Å². The van der Waals surface area contributed by atoms with Crippen molar-refractivity contribution in [1.29, 1.82) is 0 Å². The highest BCUT2D eigenvalue weighted by atomic mass is 32.2. The van der Waals surface area contributed by atoms with Crippen LogP contribution < -0.4 is 5.32 Å². The minimum atomic E-state index is 0.779. The van der Waals surface area contributed by atoms with E-state index in [9.17, 15) is 0 Å². The highest BCUT2D eigenvalue weighted by Crippen LogP contribution is 2.16. The zero-order valence-corrected chi connectivity index (χ0v) is 16.0. The highest BCUT2D eigenvalue weighted by molar-refractivity contribution is 7.98. The Labute approximate surface area is 149 Å². The first-order valence-electron chi connectivity index (χ1n) is 8.26. The summed E-state index contributed by atoms with van der Waals surface area (Å²) >= 11 is 1.88. The Kier molecular flexibility index (Phi) is 7.91. The Bertz CT molecular complexity index is 540. The molecule has 0 saturated heterocycles. The van der Waals surface area contributed by atoms with E-state index in [-0.39, 0.29) is 0 Å². The van der Waals surface area contributed by atoms with E-state index in [1.54, 1.807) is 0 Å². The van der Waals surface area contributed by atoms with E-state index in [2.05, 4.69) is 27.2 Å². The van der Waals surface area contributed by atoms with Crippen molar-refractivity contribution < 1.29 is 8.83 Å². The molecule has 2 heterocycles. The number of rotatable bonds is 11. The van der Waals surface area contributed by atoms with Gasteiger partial charge >= 0.3 is 0 Å². The van der Waals surface area contributed by atoms with Crippen LogP contribution in [-0.4, -0.2) is 50.3 Å². The van der Waals surface area contributed by atoms with Crippen LogP contribution in [0.3, 0.4) is 0 Å². The fourth-order valence-electron chi connectivity index (χ4n) is 2.34. The van der Waals surface area contributed by atoms with Crippen LogP contribution >= 0.6 is 11.8 Å². The summed E-state index contributed by atoms with van der Waals surface area (Å²) < 4.78 is 11.6. The third kappa shape index (κ3) is 7.13. The topological polar surface area (TPSA) is 44.8 Å². The van der Waals surface area contributed by atoms with Crippen LogP contribution in [0.4, 0.5) is 0 Å². The summed E-state index contributed by atoms with van der Waals surface area (Å²) in [7, 11) is 8.18. The number of hydrogen-bond acceptors (Lipinski definition) is 6. The van der Waals surface area contributed by atoms with Gasteiger partial charge in [0.05, 0.1) is 25.4 Å². The minimum absolute atomic E-state index is 0.779. The molecule has 2 aromatic rings. The van der Waals surface area contributed by atoms with Crippen LogP contribution in [-0.2, 0) is 25.4 Å². The Balaban J connectivity index is 1.56. The summed E-state index contributed by atoms with van der Waals surface area (Å²) in [6, 6.07) is 8.24. The lowest BCUT2D eigenvalue weighted by atomic mass is 10.4. The summed E-state index contributed by atoms with van der Waals surface area (Å²) in [6.45, 7) is 3.43. The maximum Gasteiger partial charge on any atom is 0.118 e. The first-order valence-corrected chi connectivity index (χ1v) is 9.41. The molecule has 0 aromatic carbocycles. The molecule has 0 unspecified atom stereocenters. The molecular formula is C18H29N3O2S. The Hall–Kier alpha value is -1.21. The van der Waals surface area contributed by atoms with Crippen molar-refractivity contribution in [3.05, 3.63) is 47.3 Å². The van der Waals surface area contributed by atoms with E-state index in [0.29, 0.717) is 0 Å². The number of thioether (sulfide) groups is 1. The number of nitrogens with zero attached hydrogens (tertiary/aromatic N) is 2. The molecule has 24 heavy (non-hydrogen) atoms. The van der Waals surface area contributed by atoms with Crippen LogP contribution in [0.5, 0.6) is 0 Å². The van der Waals surface area contributed by atoms with Gasteiger partial charge in [-0.05, 0) is 52.5 Å². The third-order valence-electron chi connectivity index (χ3n) is 3.35. The quantitative estimate of drug-likeness (QED) is 0.628. The van der Waals surface area contributed by atoms with E-state index < -0.39 is 0 Å². The summed E-state index contributed by atoms with van der Waals surface area (Å²) in [6.07, 6.45) is 0. The Morgan fingerprint density at radius 1 is 0.833 bits per heavy atom. The first-order chi connectivity index (χ1) is 11.5. The molecule has 0 saturated carbocycles. The van der Waals surface area contributed by atoms with Gasteiger partial charge in [0, 0.05) is 12.3 Å². The van der Waals surface area contributed by atoms with E-state index in [1.165, 1.54) is 0 Å². The van der Waals surface area contributed by atoms with Crippen molar-refractivity contribution in [3.63, 3.8) is 0 Å². The fraction of sp³-hybridized carbons (Fsp3) is 0.556. The first kappa shape index (κ1) is 19.1. The molecular weight excluding hydrogens is 322 g/mol. The van der Waals surface area contributed by atoms with Crippen LogP contribution in [0.1, 0.15) is 23.0 Å². The molecule has 0 aliphatic carbocycles.